The van der Waals surface area contributed by atoms with Crippen molar-refractivity contribution in [2.24, 2.45) is 0 Å². The largest absolute Gasteiger partial charge is 0.391 e. The van der Waals surface area contributed by atoms with Crippen molar-refractivity contribution in [1.82, 2.24) is 4.98 Å². The summed E-state index contributed by atoms with van der Waals surface area (Å²) in [6, 6.07) is 3.74. The summed E-state index contributed by atoms with van der Waals surface area (Å²) in [6.45, 7) is 2.24. The van der Waals surface area contributed by atoms with Crippen molar-refractivity contribution < 1.29 is 9.90 Å². The predicted molar refractivity (Wildman–Crippen MR) is 72.3 cm³/mol. The second kappa shape index (κ2) is 4.19. The molecule has 2 heterocycles. The molecule has 4 nitrogen and oxygen atoms in total. The van der Waals surface area contributed by atoms with E-state index in [1.54, 1.807) is 4.90 Å². The van der Waals surface area contributed by atoms with Crippen LogP contribution in [0, 0.1) is 6.92 Å². The number of aromatic nitrogens is 1. The van der Waals surface area contributed by atoms with E-state index in [9.17, 15) is 9.90 Å². The van der Waals surface area contributed by atoms with E-state index in [2.05, 4.69) is 4.98 Å². The number of benzene rings is 1. The number of aliphatic hydroxyl groups excluding tert-OH is 1. The number of β-amino-alcohol motifs (C(OH)–C–C–N with tert-alkyl or cyclic N) is 1. The zero-order chi connectivity index (χ0) is 12.9. The van der Waals surface area contributed by atoms with E-state index in [0.29, 0.717) is 16.7 Å². The van der Waals surface area contributed by atoms with Crippen LogP contribution in [0.15, 0.2) is 12.1 Å². The highest BCUT2D eigenvalue weighted by atomic mass is 35.5. The van der Waals surface area contributed by atoms with Crippen molar-refractivity contribution in [1.29, 1.82) is 0 Å². The van der Waals surface area contributed by atoms with Crippen LogP contribution in [-0.2, 0) is 4.79 Å². The van der Waals surface area contributed by atoms with Crippen LogP contribution >= 0.6 is 22.9 Å². The number of hydrogen-bond acceptors (Lipinski definition) is 4. The zero-order valence-corrected chi connectivity index (χ0v) is 11.3. The molecule has 1 aliphatic rings. The molecule has 1 fully saturated rings. The molecule has 3 rings (SSSR count). The van der Waals surface area contributed by atoms with Crippen molar-refractivity contribution in [3.05, 3.63) is 22.7 Å². The maximum atomic E-state index is 11.7. The average molecular weight is 283 g/mol. The number of nitrogens with zero attached hydrogens (tertiary/aromatic N) is 2. The molecule has 1 saturated heterocycles. The molecule has 1 N–H and O–H groups in total. The molecule has 1 aromatic carbocycles. The van der Waals surface area contributed by atoms with Crippen LogP contribution < -0.4 is 4.90 Å². The highest BCUT2D eigenvalue weighted by Gasteiger charge is 2.31. The van der Waals surface area contributed by atoms with Gasteiger partial charge in [0.05, 0.1) is 29.3 Å². The van der Waals surface area contributed by atoms with Crippen LogP contribution in [0.3, 0.4) is 0 Å². The summed E-state index contributed by atoms with van der Waals surface area (Å²) in [5.41, 5.74) is 1.75. The number of aliphatic hydroxyl groups is 1. The third-order valence-electron chi connectivity index (χ3n) is 3.07. The number of carbonyl (C=O) groups is 1. The topological polar surface area (TPSA) is 53.4 Å². The molecular formula is C12H11ClN2O2S. The lowest BCUT2D eigenvalue weighted by molar-refractivity contribution is -0.117. The monoisotopic (exact) mass is 282 g/mol. The molecule has 2 aromatic rings. The molecule has 0 saturated carbocycles. The minimum Gasteiger partial charge on any atom is -0.391 e. The Morgan fingerprint density at radius 2 is 2.33 bits per heavy atom. The molecule has 1 aromatic heterocycles. The summed E-state index contributed by atoms with van der Waals surface area (Å²) < 4.78 is 1.00. The third-order valence-corrected chi connectivity index (χ3v) is 4.53. The van der Waals surface area contributed by atoms with E-state index in [1.807, 2.05) is 19.1 Å². The van der Waals surface area contributed by atoms with Crippen molar-refractivity contribution in [2.45, 2.75) is 19.4 Å². The predicted octanol–water partition coefficient (Wildman–Crippen LogP) is 2.36. The number of carbonyl (C=O) groups excluding carboxylic acids is 1. The van der Waals surface area contributed by atoms with Gasteiger partial charge < -0.3 is 5.11 Å². The number of amides is 1. The maximum absolute atomic E-state index is 11.7. The zero-order valence-electron chi connectivity index (χ0n) is 9.68. The van der Waals surface area contributed by atoms with E-state index in [1.165, 1.54) is 11.3 Å². The van der Waals surface area contributed by atoms with E-state index in [0.717, 1.165) is 15.8 Å². The fraction of sp³-hybridized carbons (Fsp3) is 0.333. The van der Waals surface area contributed by atoms with Crippen LogP contribution in [0.25, 0.3) is 10.2 Å². The number of anilines is 1. The number of thiazole rings is 1. The van der Waals surface area contributed by atoms with Gasteiger partial charge in [-0.15, -0.1) is 0 Å². The van der Waals surface area contributed by atoms with E-state index < -0.39 is 6.10 Å². The second-order valence-corrected chi connectivity index (χ2v) is 5.79. The lowest BCUT2D eigenvalue weighted by atomic mass is 10.2. The third kappa shape index (κ3) is 1.79. The molecule has 0 spiro atoms. The van der Waals surface area contributed by atoms with E-state index in [4.69, 9.17) is 11.6 Å². The molecule has 1 aliphatic heterocycles. The van der Waals surface area contributed by atoms with Gasteiger partial charge in [0.15, 0.2) is 5.13 Å². The summed E-state index contributed by atoms with van der Waals surface area (Å²) >= 11 is 7.50. The highest BCUT2D eigenvalue weighted by molar-refractivity contribution is 7.22. The lowest BCUT2D eigenvalue weighted by Gasteiger charge is -2.10. The highest BCUT2D eigenvalue weighted by Crippen LogP contribution is 2.34. The first-order chi connectivity index (χ1) is 8.56. The molecule has 0 radical (unpaired) electrons. The molecule has 6 heteroatoms. The Bertz CT molecular complexity index is 640. The summed E-state index contributed by atoms with van der Waals surface area (Å²) in [4.78, 5) is 17.7. The molecule has 1 atom stereocenters. The Morgan fingerprint density at radius 3 is 3.00 bits per heavy atom. The Kier molecular flexibility index (Phi) is 2.77. The van der Waals surface area contributed by atoms with E-state index >= 15 is 0 Å². The van der Waals surface area contributed by atoms with Crippen molar-refractivity contribution >= 4 is 44.2 Å². The van der Waals surface area contributed by atoms with Crippen LogP contribution in [-0.4, -0.2) is 28.6 Å². The number of hydrogen-bond donors (Lipinski definition) is 1. The van der Waals surface area contributed by atoms with Crippen LogP contribution in [0.1, 0.15) is 12.0 Å². The maximum Gasteiger partial charge on any atom is 0.231 e. The first-order valence-electron chi connectivity index (χ1n) is 5.60. The smallest absolute Gasteiger partial charge is 0.231 e. The minimum atomic E-state index is -0.589. The van der Waals surface area contributed by atoms with Crippen molar-refractivity contribution in [3.63, 3.8) is 0 Å². The van der Waals surface area contributed by atoms with Gasteiger partial charge in [-0.3, -0.25) is 9.69 Å². The average Bonchev–Trinajstić information content (AvgIpc) is 2.87. The fourth-order valence-electron chi connectivity index (χ4n) is 2.08. The lowest BCUT2D eigenvalue weighted by Crippen LogP contribution is -2.24. The SMILES string of the molecule is Cc1c(Cl)ccc2sc(N3CC(O)CC3=O)nc12. The van der Waals surface area contributed by atoms with Gasteiger partial charge >= 0.3 is 0 Å². The first kappa shape index (κ1) is 11.9. The first-order valence-corrected chi connectivity index (χ1v) is 6.80. The number of fused-ring (bicyclic) bond motifs is 1. The Hall–Kier alpha value is -1.17. The molecule has 0 bridgehead atoms. The van der Waals surface area contributed by atoms with E-state index in [-0.39, 0.29) is 12.3 Å². The fourth-order valence-corrected chi connectivity index (χ4v) is 3.28. The van der Waals surface area contributed by atoms with Gasteiger partial charge in [-0.05, 0) is 24.6 Å². The molecule has 1 unspecified atom stereocenters. The Balaban J connectivity index is 2.09. The summed E-state index contributed by atoms with van der Waals surface area (Å²) in [5, 5.41) is 10.8. The van der Waals surface area contributed by atoms with Gasteiger partial charge in [-0.1, -0.05) is 22.9 Å². The van der Waals surface area contributed by atoms with Crippen molar-refractivity contribution in [2.75, 3.05) is 11.4 Å². The number of halogens is 1. The van der Waals surface area contributed by atoms with Gasteiger partial charge in [0.2, 0.25) is 5.91 Å². The van der Waals surface area contributed by atoms with Gasteiger partial charge in [-0.2, -0.15) is 0 Å². The quantitative estimate of drug-likeness (QED) is 0.873. The van der Waals surface area contributed by atoms with Gasteiger partial charge in [0.1, 0.15) is 0 Å². The molecular weight excluding hydrogens is 272 g/mol. The second-order valence-electron chi connectivity index (χ2n) is 4.38. The molecule has 1 amide bonds. The summed E-state index contributed by atoms with van der Waals surface area (Å²) in [7, 11) is 0. The summed E-state index contributed by atoms with van der Waals surface area (Å²) in [5.74, 6) is -0.0784. The van der Waals surface area contributed by atoms with Gasteiger partial charge in [-0.25, -0.2) is 4.98 Å². The van der Waals surface area contributed by atoms with Crippen LogP contribution in [0.5, 0.6) is 0 Å². The number of aryl methyl sites for hydroxylation is 1. The van der Waals surface area contributed by atoms with Crippen molar-refractivity contribution in [3.8, 4) is 0 Å². The van der Waals surface area contributed by atoms with Crippen LogP contribution in [0.4, 0.5) is 5.13 Å². The standard InChI is InChI=1S/C12H11ClN2O2S/c1-6-8(13)2-3-9-11(6)14-12(18-9)15-5-7(16)4-10(15)17/h2-3,7,16H,4-5H2,1H3. The minimum absolute atomic E-state index is 0.0784. The summed E-state index contributed by atoms with van der Waals surface area (Å²) in [6.07, 6.45) is -0.412. The van der Waals surface area contributed by atoms with Gasteiger partial charge in [0, 0.05) is 5.02 Å². The van der Waals surface area contributed by atoms with Gasteiger partial charge in [0.25, 0.3) is 0 Å². The van der Waals surface area contributed by atoms with Crippen LogP contribution in [0.2, 0.25) is 5.02 Å². The normalized spacial score (nSPS) is 20.1. The molecule has 0 aliphatic carbocycles. The Morgan fingerprint density at radius 1 is 1.56 bits per heavy atom. The Labute approximate surface area is 113 Å². The molecule has 18 heavy (non-hydrogen) atoms. The molecule has 94 valence electrons. The number of rotatable bonds is 1.